The number of sulfonamides is 1. The van der Waals surface area contributed by atoms with Crippen LogP contribution < -0.4 is 0 Å². The molecule has 0 aliphatic carbocycles. The van der Waals surface area contributed by atoms with Crippen molar-refractivity contribution in [2.75, 3.05) is 6.54 Å². The number of hydrogen-bond donors (Lipinski definition) is 1. The van der Waals surface area contributed by atoms with Crippen molar-refractivity contribution in [3.8, 4) is 0 Å². The van der Waals surface area contributed by atoms with Crippen LogP contribution in [0.25, 0.3) is 0 Å². The molecule has 0 bridgehead atoms. The Morgan fingerprint density at radius 2 is 2.05 bits per heavy atom. The maximum atomic E-state index is 13.9. The predicted octanol–water partition coefficient (Wildman–Crippen LogP) is 2.01. The lowest BCUT2D eigenvalue weighted by atomic mass is 9.96. The Labute approximate surface area is 123 Å². The Balaban J connectivity index is 2.42. The quantitative estimate of drug-likeness (QED) is 0.926. The monoisotopic (exact) mass is 315 g/mol. The van der Waals surface area contributed by atoms with Crippen molar-refractivity contribution in [3.63, 3.8) is 0 Å². The van der Waals surface area contributed by atoms with E-state index in [0.717, 1.165) is 10.4 Å². The fraction of sp³-hybridized carbons (Fsp3) is 0.500. The molecule has 0 spiro atoms. The lowest BCUT2D eigenvalue weighted by molar-refractivity contribution is -0.143. The van der Waals surface area contributed by atoms with Crippen LogP contribution >= 0.6 is 0 Å². The molecule has 1 N–H and O–H groups in total. The fourth-order valence-electron chi connectivity index (χ4n) is 2.55. The van der Waals surface area contributed by atoms with E-state index < -0.39 is 27.7 Å². The van der Waals surface area contributed by atoms with Crippen molar-refractivity contribution in [1.82, 2.24) is 4.31 Å². The molecule has 0 saturated carbocycles. The number of nitrogens with zero attached hydrogens (tertiary/aromatic N) is 1. The highest BCUT2D eigenvalue weighted by Crippen LogP contribution is 2.29. The van der Waals surface area contributed by atoms with E-state index in [-0.39, 0.29) is 17.5 Å². The average molecular weight is 315 g/mol. The van der Waals surface area contributed by atoms with E-state index in [1.807, 2.05) is 0 Å². The van der Waals surface area contributed by atoms with Gasteiger partial charge in [-0.3, -0.25) is 4.79 Å². The second-order valence-corrected chi connectivity index (χ2v) is 7.33. The summed E-state index contributed by atoms with van der Waals surface area (Å²) < 4.78 is 40.2. The third-order valence-corrected chi connectivity index (χ3v) is 5.84. The number of carbonyl (C=O) groups is 1. The summed E-state index contributed by atoms with van der Waals surface area (Å²) in [5.74, 6) is -2.58. The highest BCUT2D eigenvalue weighted by molar-refractivity contribution is 7.89. The molecule has 7 heteroatoms. The fourth-order valence-corrected chi connectivity index (χ4v) is 4.40. The van der Waals surface area contributed by atoms with Crippen molar-refractivity contribution in [2.45, 2.75) is 37.6 Å². The van der Waals surface area contributed by atoms with Crippen molar-refractivity contribution >= 4 is 16.0 Å². The van der Waals surface area contributed by atoms with Gasteiger partial charge in [0.1, 0.15) is 10.7 Å². The minimum absolute atomic E-state index is 0.119. The summed E-state index contributed by atoms with van der Waals surface area (Å²) in [4.78, 5) is 10.7. The normalized spacial score (nSPS) is 24.0. The van der Waals surface area contributed by atoms with E-state index in [9.17, 15) is 17.6 Å². The van der Waals surface area contributed by atoms with E-state index in [4.69, 9.17) is 5.11 Å². The standard InChI is InChI=1S/C14H18FNO4S/c1-9-3-6-12(15)13(7-9)21(19,20)16-8-11(14(17)18)5-4-10(16)2/h3,6-7,10-11H,4-5,8H2,1-2H3,(H,17,18). The summed E-state index contributed by atoms with van der Waals surface area (Å²) in [6.45, 7) is 3.27. The second kappa shape index (κ2) is 5.73. The summed E-state index contributed by atoms with van der Waals surface area (Å²) in [6.07, 6.45) is 0.877. The number of rotatable bonds is 3. The van der Waals surface area contributed by atoms with Crippen LogP contribution in [0.5, 0.6) is 0 Å². The van der Waals surface area contributed by atoms with Gasteiger partial charge in [0.15, 0.2) is 0 Å². The molecule has 21 heavy (non-hydrogen) atoms. The van der Waals surface area contributed by atoms with Crippen LogP contribution in [0, 0.1) is 18.7 Å². The van der Waals surface area contributed by atoms with Gasteiger partial charge in [0.2, 0.25) is 10.0 Å². The molecule has 1 saturated heterocycles. The van der Waals surface area contributed by atoms with E-state index in [0.29, 0.717) is 18.4 Å². The van der Waals surface area contributed by atoms with Crippen LogP contribution in [0.15, 0.2) is 23.1 Å². The maximum absolute atomic E-state index is 13.9. The van der Waals surface area contributed by atoms with Crippen molar-refractivity contribution < 1.29 is 22.7 Å². The number of hydrogen-bond acceptors (Lipinski definition) is 3. The van der Waals surface area contributed by atoms with Gasteiger partial charge in [-0.1, -0.05) is 6.07 Å². The summed E-state index contributed by atoms with van der Waals surface area (Å²) in [5.41, 5.74) is 0.634. The largest absolute Gasteiger partial charge is 0.481 e. The zero-order valence-electron chi connectivity index (χ0n) is 11.9. The molecular formula is C14H18FNO4S. The zero-order chi connectivity index (χ0) is 15.8. The number of benzene rings is 1. The molecule has 1 aromatic carbocycles. The lowest BCUT2D eigenvalue weighted by Gasteiger charge is -2.35. The van der Waals surface area contributed by atoms with Gasteiger partial charge in [-0.05, 0) is 44.4 Å². The molecule has 0 aromatic heterocycles. The first-order chi connectivity index (χ1) is 9.73. The highest BCUT2D eigenvalue weighted by Gasteiger charge is 2.38. The first-order valence-corrected chi connectivity index (χ1v) is 8.18. The third-order valence-electron chi connectivity index (χ3n) is 3.85. The molecule has 1 heterocycles. The van der Waals surface area contributed by atoms with Crippen LogP contribution in [-0.2, 0) is 14.8 Å². The van der Waals surface area contributed by atoms with E-state index >= 15 is 0 Å². The molecular weight excluding hydrogens is 297 g/mol. The van der Waals surface area contributed by atoms with Crippen molar-refractivity contribution in [2.24, 2.45) is 5.92 Å². The molecule has 5 nitrogen and oxygen atoms in total. The Bertz CT molecular complexity index is 659. The summed E-state index contributed by atoms with van der Waals surface area (Å²) in [7, 11) is -4.04. The minimum atomic E-state index is -4.04. The number of halogens is 1. The van der Waals surface area contributed by atoms with Crippen LogP contribution in [0.4, 0.5) is 4.39 Å². The lowest BCUT2D eigenvalue weighted by Crippen LogP contribution is -2.47. The maximum Gasteiger partial charge on any atom is 0.307 e. The third kappa shape index (κ3) is 3.08. The van der Waals surface area contributed by atoms with Gasteiger partial charge >= 0.3 is 5.97 Å². The van der Waals surface area contributed by atoms with Gasteiger partial charge in [0.05, 0.1) is 5.92 Å². The van der Waals surface area contributed by atoms with Gasteiger partial charge < -0.3 is 5.11 Å². The highest BCUT2D eigenvalue weighted by atomic mass is 32.2. The molecule has 0 radical (unpaired) electrons. The number of aryl methyl sites for hydroxylation is 1. The number of aliphatic carboxylic acids is 1. The smallest absolute Gasteiger partial charge is 0.307 e. The molecule has 1 fully saturated rings. The SMILES string of the molecule is Cc1ccc(F)c(S(=O)(=O)N2CC(C(=O)O)CCC2C)c1. The van der Waals surface area contributed by atoms with Gasteiger partial charge in [0.25, 0.3) is 0 Å². The first-order valence-electron chi connectivity index (χ1n) is 6.74. The zero-order valence-corrected chi connectivity index (χ0v) is 12.7. The predicted molar refractivity (Wildman–Crippen MR) is 74.9 cm³/mol. The van der Waals surface area contributed by atoms with Crippen LogP contribution in [-0.4, -0.2) is 36.4 Å². The van der Waals surface area contributed by atoms with E-state index in [1.165, 1.54) is 12.1 Å². The van der Waals surface area contributed by atoms with Crippen molar-refractivity contribution in [3.05, 3.63) is 29.6 Å². The van der Waals surface area contributed by atoms with E-state index in [2.05, 4.69) is 0 Å². The Morgan fingerprint density at radius 1 is 1.38 bits per heavy atom. The Morgan fingerprint density at radius 3 is 2.67 bits per heavy atom. The summed E-state index contributed by atoms with van der Waals surface area (Å²) >= 11 is 0. The number of carboxylic acids is 1. The van der Waals surface area contributed by atoms with E-state index in [1.54, 1.807) is 13.8 Å². The van der Waals surface area contributed by atoms with Gasteiger partial charge in [-0.15, -0.1) is 0 Å². The van der Waals surface area contributed by atoms with Gasteiger partial charge in [0, 0.05) is 12.6 Å². The van der Waals surface area contributed by atoms with Crippen LogP contribution in [0.1, 0.15) is 25.3 Å². The van der Waals surface area contributed by atoms with Crippen molar-refractivity contribution in [1.29, 1.82) is 0 Å². The Hall–Kier alpha value is -1.47. The summed E-state index contributed by atoms with van der Waals surface area (Å²) in [5, 5.41) is 9.08. The summed E-state index contributed by atoms with van der Waals surface area (Å²) in [6, 6.07) is 3.55. The second-order valence-electron chi connectivity index (χ2n) is 5.47. The van der Waals surface area contributed by atoms with Gasteiger partial charge in [-0.2, -0.15) is 4.31 Å². The van der Waals surface area contributed by atoms with Crippen LogP contribution in [0.2, 0.25) is 0 Å². The molecule has 116 valence electrons. The molecule has 2 rings (SSSR count). The number of carboxylic acid groups (broad SMARTS) is 1. The minimum Gasteiger partial charge on any atom is -0.481 e. The topological polar surface area (TPSA) is 74.7 Å². The molecule has 0 amide bonds. The van der Waals surface area contributed by atoms with Crippen LogP contribution in [0.3, 0.4) is 0 Å². The number of piperidine rings is 1. The molecule has 1 aliphatic heterocycles. The molecule has 2 unspecified atom stereocenters. The van der Waals surface area contributed by atoms with Gasteiger partial charge in [-0.25, -0.2) is 12.8 Å². The molecule has 2 atom stereocenters. The first kappa shape index (κ1) is 15.9. The average Bonchev–Trinajstić information content (AvgIpc) is 2.41. The Kier molecular flexibility index (Phi) is 4.34. The molecule has 1 aromatic rings. The molecule has 1 aliphatic rings.